The van der Waals surface area contributed by atoms with Gasteiger partial charge in [0.15, 0.2) is 0 Å². The molecular formula is C25H36N2O4S. The van der Waals surface area contributed by atoms with Gasteiger partial charge in [-0.05, 0) is 55.0 Å². The van der Waals surface area contributed by atoms with E-state index in [-0.39, 0.29) is 24.3 Å². The number of sulfonamides is 1. The quantitative estimate of drug-likeness (QED) is 0.535. The lowest BCUT2D eigenvalue weighted by Crippen LogP contribution is -2.33. The van der Waals surface area contributed by atoms with E-state index in [1.165, 1.54) is 16.1 Å². The van der Waals surface area contributed by atoms with Crippen molar-refractivity contribution in [2.45, 2.75) is 52.9 Å². The summed E-state index contributed by atoms with van der Waals surface area (Å²) in [7, 11) is -3.43. The Labute approximate surface area is 193 Å². The number of hydrogen-bond acceptors (Lipinski definition) is 4. The third-order valence-electron chi connectivity index (χ3n) is 5.20. The van der Waals surface area contributed by atoms with Crippen LogP contribution in [-0.4, -0.2) is 40.3 Å². The van der Waals surface area contributed by atoms with Gasteiger partial charge in [0, 0.05) is 13.0 Å². The summed E-state index contributed by atoms with van der Waals surface area (Å²) >= 11 is 0. The van der Waals surface area contributed by atoms with Gasteiger partial charge in [-0.3, -0.25) is 9.10 Å². The van der Waals surface area contributed by atoms with Crippen LogP contribution in [0.3, 0.4) is 0 Å². The molecule has 0 atom stereocenters. The number of nitrogens with zero attached hydrogens (tertiary/aromatic N) is 1. The topological polar surface area (TPSA) is 75.7 Å². The Morgan fingerprint density at radius 3 is 2.28 bits per heavy atom. The summed E-state index contributed by atoms with van der Waals surface area (Å²) in [6.45, 7) is 11.4. The summed E-state index contributed by atoms with van der Waals surface area (Å²) in [6.07, 6.45) is 1.87. The molecule has 0 saturated carbocycles. The molecule has 176 valence electrons. The summed E-state index contributed by atoms with van der Waals surface area (Å²) in [5.41, 5.74) is 3.96. The van der Waals surface area contributed by atoms with Crippen molar-refractivity contribution in [3.63, 3.8) is 0 Å². The number of ether oxygens (including phenoxy) is 1. The minimum Gasteiger partial charge on any atom is -0.492 e. The summed E-state index contributed by atoms with van der Waals surface area (Å²) in [6, 6.07) is 13.6. The van der Waals surface area contributed by atoms with Gasteiger partial charge in [0.1, 0.15) is 12.4 Å². The summed E-state index contributed by atoms with van der Waals surface area (Å²) in [5, 5.41) is 2.83. The van der Waals surface area contributed by atoms with E-state index in [0.717, 1.165) is 16.9 Å². The molecule has 6 nitrogen and oxygen atoms in total. The van der Waals surface area contributed by atoms with Gasteiger partial charge in [-0.2, -0.15) is 0 Å². The van der Waals surface area contributed by atoms with Crippen molar-refractivity contribution in [3.8, 4) is 5.75 Å². The molecule has 0 bridgehead atoms. The smallest absolute Gasteiger partial charge is 0.232 e. The molecule has 0 saturated heterocycles. The van der Waals surface area contributed by atoms with Gasteiger partial charge < -0.3 is 10.1 Å². The lowest BCUT2D eigenvalue weighted by molar-refractivity contribution is -0.121. The molecule has 0 aromatic heterocycles. The fourth-order valence-electron chi connectivity index (χ4n) is 3.43. The molecule has 2 rings (SSSR count). The predicted molar refractivity (Wildman–Crippen MR) is 131 cm³/mol. The lowest BCUT2D eigenvalue weighted by Gasteiger charge is -2.24. The number of nitrogens with one attached hydrogen (secondary N) is 1. The van der Waals surface area contributed by atoms with Gasteiger partial charge in [0.2, 0.25) is 15.9 Å². The van der Waals surface area contributed by atoms with E-state index in [1.54, 1.807) is 0 Å². The molecule has 0 fully saturated rings. The first-order valence-electron chi connectivity index (χ1n) is 10.9. The van der Waals surface area contributed by atoms with Crippen LogP contribution in [-0.2, 0) is 20.2 Å². The third-order valence-corrected chi connectivity index (χ3v) is 6.38. The second-order valence-electron chi connectivity index (χ2n) is 9.20. The van der Waals surface area contributed by atoms with Crippen molar-refractivity contribution >= 4 is 21.6 Å². The number of carbonyl (C=O) groups is 1. The Hall–Kier alpha value is -2.54. The van der Waals surface area contributed by atoms with Crippen LogP contribution >= 0.6 is 0 Å². The van der Waals surface area contributed by atoms with Crippen molar-refractivity contribution < 1.29 is 17.9 Å². The van der Waals surface area contributed by atoms with E-state index >= 15 is 0 Å². The first kappa shape index (κ1) is 25.7. The summed E-state index contributed by atoms with van der Waals surface area (Å²) in [4.78, 5) is 12.2. The van der Waals surface area contributed by atoms with Crippen molar-refractivity contribution in [3.05, 3.63) is 59.2 Å². The lowest BCUT2D eigenvalue weighted by atomic mass is 9.87. The molecule has 0 heterocycles. The fourth-order valence-corrected chi connectivity index (χ4v) is 4.46. The van der Waals surface area contributed by atoms with E-state index in [1.807, 2.05) is 44.2 Å². The van der Waals surface area contributed by atoms with Crippen LogP contribution in [0.15, 0.2) is 42.5 Å². The molecular weight excluding hydrogens is 424 g/mol. The Kier molecular flexibility index (Phi) is 8.73. The van der Waals surface area contributed by atoms with Crippen molar-refractivity contribution in [2.24, 2.45) is 0 Å². The first-order valence-corrected chi connectivity index (χ1v) is 12.8. The summed E-state index contributed by atoms with van der Waals surface area (Å²) in [5.74, 6) is 0.648. The maximum absolute atomic E-state index is 12.3. The highest BCUT2D eigenvalue weighted by molar-refractivity contribution is 7.92. The maximum atomic E-state index is 12.3. The molecule has 2 aromatic rings. The number of benzene rings is 2. The van der Waals surface area contributed by atoms with Gasteiger partial charge in [-0.25, -0.2) is 8.42 Å². The average molecular weight is 461 g/mol. The van der Waals surface area contributed by atoms with Crippen molar-refractivity contribution in [2.75, 3.05) is 30.3 Å². The number of anilines is 1. The molecule has 2 aromatic carbocycles. The van der Waals surface area contributed by atoms with E-state index in [2.05, 4.69) is 38.2 Å². The number of aryl methyl sites for hydroxylation is 2. The zero-order chi connectivity index (χ0) is 23.9. The average Bonchev–Trinajstić information content (AvgIpc) is 2.68. The highest BCUT2D eigenvalue weighted by Crippen LogP contribution is 2.25. The normalized spacial score (nSPS) is 11.8. The van der Waals surface area contributed by atoms with Gasteiger partial charge in [0.25, 0.3) is 0 Å². The maximum Gasteiger partial charge on any atom is 0.232 e. The number of rotatable bonds is 10. The Balaban J connectivity index is 1.77. The molecule has 0 radical (unpaired) electrons. The highest BCUT2D eigenvalue weighted by Gasteiger charge is 2.19. The SMILES string of the molecule is Cc1ccc(N(CCCC(=O)NCCOc2ccc(C(C)(C)C)cc2)S(C)(=O)=O)c(C)c1. The zero-order valence-corrected chi connectivity index (χ0v) is 20.9. The largest absolute Gasteiger partial charge is 0.492 e. The van der Waals surface area contributed by atoms with Crippen LogP contribution in [0.5, 0.6) is 5.75 Å². The van der Waals surface area contributed by atoms with Crippen molar-refractivity contribution in [1.82, 2.24) is 5.32 Å². The van der Waals surface area contributed by atoms with E-state index in [9.17, 15) is 13.2 Å². The number of carbonyl (C=O) groups excluding carboxylic acids is 1. The Bertz CT molecular complexity index is 1010. The van der Waals surface area contributed by atoms with Crippen LogP contribution in [0.4, 0.5) is 5.69 Å². The van der Waals surface area contributed by atoms with Crippen LogP contribution in [0.1, 0.15) is 50.3 Å². The molecule has 7 heteroatoms. The molecule has 32 heavy (non-hydrogen) atoms. The van der Waals surface area contributed by atoms with Crippen molar-refractivity contribution in [1.29, 1.82) is 0 Å². The van der Waals surface area contributed by atoms with Gasteiger partial charge in [0.05, 0.1) is 18.5 Å². The van der Waals surface area contributed by atoms with Crippen LogP contribution in [0, 0.1) is 13.8 Å². The minimum absolute atomic E-state index is 0.0946. The van der Waals surface area contributed by atoms with E-state index in [0.29, 0.717) is 25.3 Å². The third kappa shape index (κ3) is 7.86. The molecule has 0 spiro atoms. The fraction of sp³-hybridized carbons (Fsp3) is 0.480. The molecule has 0 aliphatic carbocycles. The molecule has 0 unspecified atom stereocenters. The van der Waals surface area contributed by atoms with Gasteiger partial charge in [-0.15, -0.1) is 0 Å². The van der Waals surface area contributed by atoms with Crippen LogP contribution in [0.2, 0.25) is 0 Å². The second kappa shape index (κ2) is 10.9. The Morgan fingerprint density at radius 2 is 1.72 bits per heavy atom. The standard InChI is InChI=1S/C25H36N2O4S/c1-19-9-14-23(20(2)18-19)27(32(6,29)30)16-7-8-24(28)26-15-17-31-22-12-10-21(11-13-22)25(3,4)5/h9-14,18H,7-8,15-17H2,1-6H3,(H,26,28). The monoisotopic (exact) mass is 460 g/mol. The minimum atomic E-state index is -3.43. The molecule has 1 N–H and O–H groups in total. The van der Waals surface area contributed by atoms with Gasteiger partial charge >= 0.3 is 0 Å². The van der Waals surface area contributed by atoms with E-state index in [4.69, 9.17) is 4.74 Å². The predicted octanol–water partition coefficient (Wildman–Crippen LogP) is 4.34. The Morgan fingerprint density at radius 1 is 1.06 bits per heavy atom. The number of hydrogen-bond donors (Lipinski definition) is 1. The molecule has 0 aliphatic heterocycles. The molecule has 1 amide bonds. The van der Waals surface area contributed by atoms with Gasteiger partial charge in [-0.1, -0.05) is 50.6 Å². The highest BCUT2D eigenvalue weighted by atomic mass is 32.2. The number of amides is 1. The molecule has 0 aliphatic rings. The summed E-state index contributed by atoms with van der Waals surface area (Å²) < 4.78 is 31.6. The van der Waals surface area contributed by atoms with E-state index < -0.39 is 10.0 Å². The second-order valence-corrected chi connectivity index (χ2v) is 11.1. The first-order chi connectivity index (χ1) is 14.9. The zero-order valence-electron chi connectivity index (χ0n) is 20.1. The van der Waals surface area contributed by atoms with Crippen LogP contribution in [0.25, 0.3) is 0 Å². The van der Waals surface area contributed by atoms with Crippen LogP contribution < -0.4 is 14.4 Å².